The Labute approximate surface area is 188 Å². The lowest BCUT2D eigenvalue weighted by Crippen LogP contribution is -2.53. The fraction of sp³-hybridized carbons (Fsp3) is 0.440. The number of halogens is 1. The summed E-state index contributed by atoms with van der Waals surface area (Å²) in [6, 6.07) is 11.6. The standard InChI is InChI=1S/C25H28ClN3O2/c1-28-12-9-18(10-13-28)29-11-3-4-17(15-29)27-25(31)21-6-2-5-20-19-8-7-16(26)14-22(19)24(30)23(20)21/h2,5-8,14,17-18H,3-4,9-13,15H2,1H3,(H,27,31). The van der Waals surface area contributed by atoms with Gasteiger partial charge < -0.3 is 10.2 Å². The normalized spacial score (nSPS) is 22.3. The molecule has 2 heterocycles. The summed E-state index contributed by atoms with van der Waals surface area (Å²) < 4.78 is 0. The Morgan fingerprint density at radius 3 is 2.65 bits per heavy atom. The van der Waals surface area contributed by atoms with Crippen LogP contribution in [0.25, 0.3) is 11.1 Å². The van der Waals surface area contributed by atoms with Crippen molar-refractivity contribution in [3.8, 4) is 11.1 Å². The first-order chi connectivity index (χ1) is 15.0. The molecule has 1 unspecified atom stereocenters. The lowest BCUT2D eigenvalue weighted by atomic mass is 9.97. The second-order valence-electron chi connectivity index (χ2n) is 9.09. The number of hydrogen-bond acceptors (Lipinski definition) is 4. The summed E-state index contributed by atoms with van der Waals surface area (Å²) in [5.41, 5.74) is 3.21. The predicted molar refractivity (Wildman–Crippen MR) is 123 cm³/mol. The molecule has 1 aliphatic carbocycles. The number of carbonyl (C=O) groups is 2. The zero-order valence-corrected chi connectivity index (χ0v) is 18.6. The smallest absolute Gasteiger partial charge is 0.252 e. The molecule has 2 saturated heterocycles. The molecule has 3 aliphatic rings. The van der Waals surface area contributed by atoms with Gasteiger partial charge in [-0.25, -0.2) is 0 Å². The van der Waals surface area contributed by atoms with Crippen LogP contribution in [0.4, 0.5) is 0 Å². The van der Waals surface area contributed by atoms with Gasteiger partial charge in [0.2, 0.25) is 0 Å². The average Bonchev–Trinajstić information content (AvgIpc) is 3.06. The highest BCUT2D eigenvalue weighted by molar-refractivity contribution is 6.32. The number of nitrogens with zero attached hydrogens (tertiary/aromatic N) is 2. The molecule has 0 aromatic heterocycles. The largest absolute Gasteiger partial charge is 0.348 e. The van der Waals surface area contributed by atoms with Crippen LogP contribution in [0.1, 0.15) is 52.0 Å². The van der Waals surface area contributed by atoms with Gasteiger partial charge in [0.25, 0.3) is 5.91 Å². The first-order valence-electron chi connectivity index (χ1n) is 11.2. The molecule has 1 atom stereocenters. The van der Waals surface area contributed by atoms with Crippen molar-refractivity contribution < 1.29 is 9.59 Å². The minimum absolute atomic E-state index is 0.116. The first kappa shape index (κ1) is 20.7. The second kappa shape index (κ2) is 8.38. The molecule has 2 aromatic rings. The number of ketones is 1. The van der Waals surface area contributed by atoms with Gasteiger partial charge in [-0.2, -0.15) is 0 Å². The average molecular weight is 438 g/mol. The lowest BCUT2D eigenvalue weighted by Gasteiger charge is -2.41. The molecule has 5 rings (SSSR count). The van der Waals surface area contributed by atoms with Gasteiger partial charge in [0.15, 0.2) is 5.78 Å². The molecule has 2 fully saturated rings. The van der Waals surface area contributed by atoms with E-state index in [9.17, 15) is 9.59 Å². The van der Waals surface area contributed by atoms with Crippen LogP contribution < -0.4 is 5.32 Å². The van der Waals surface area contributed by atoms with Crippen molar-refractivity contribution in [2.24, 2.45) is 0 Å². The Balaban J connectivity index is 1.32. The van der Waals surface area contributed by atoms with E-state index in [2.05, 4.69) is 22.2 Å². The number of amides is 1. The van der Waals surface area contributed by atoms with Crippen LogP contribution in [-0.2, 0) is 0 Å². The van der Waals surface area contributed by atoms with E-state index in [1.807, 2.05) is 18.2 Å². The summed E-state index contributed by atoms with van der Waals surface area (Å²) in [6.07, 6.45) is 4.46. The van der Waals surface area contributed by atoms with Gasteiger partial charge in [-0.15, -0.1) is 0 Å². The maximum Gasteiger partial charge on any atom is 0.252 e. The van der Waals surface area contributed by atoms with Crippen molar-refractivity contribution in [1.82, 2.24) is 15.1 Å². The SMILES string of the molecule is CN1CCC(N2CCCC(NC(=O)c3cccc4c3C(=O)c3cc(Cl)ccc3-4)C2)CC1. The number of nitrogens with one attached hydrogen (secondary N) is 1. The molecule has 31 heavy (non-hydrogen) atoms. The van der Waals surface area contributed by atoms with E-state index in [0.29, 0.717) is 27.8 Å². The molecule has 1 N–H and O–H groups in total. The second-order valence-corrected chi connectivity index (χ2v) is 9.53. The molecule has 162 valence electrons. The number of benzene rings is 2. The van der Waals surface area contributed by atoms with Gasteiger partial charge in [-0.3, -0.25) is 14.5 Å². The van der Waals surface area contributed by atoms with Crippen LogP contribution in [0.15, 0.2) is 36.4 Å². The van der Waals surface area contributed by atoms with E-state index in [-0.39, 0.29) is 17.7 Å². The number of hydrogen-bond donors (Lipinski definition) is 1. The number of carbonyl (C=O) groups excluding carboxylic acids is 2. The predicted octanol–water partition coefficient (Wildman–Crippen LogP) is 3.84. The zero-order chi connectivity index (χ0) is 21.5. The fourth-order valence-corrected chi connectivity index (χ4v) is 5.54. The molecule has 5 nitrogen and oxygen atoms in total. The van der Waals surface area contributed by atoms with Crippen molar-refractivity contribution in [3.05, 3.63) is 58.1 Å². The molecule has 0 radical (unpaired) electrons. The summed E-state index contributed by atoms with van der Waals surface area (Å²) in [5, 5.41) is 3.76. The van der Waals surface area contributed by atoms with E-state index in [0.717, 1.165) is 50.1 Å². The summed E-state index contributed by atoms with van der Waals surface area (Å²) in [6.45, 7) is 4.27. The third-order valence-corrected chi connectivity index (χ3v) is 7.28. The Bertz CT molecular complexity index is 1030. The molecule has 1 amide bonds. The Hall–Kier alpha value is -2.21. The van der Waals surface area contributed by atoms with Gasteiger partial charge in [0.1, 0.15) is 0 Å². The van der Waals surface area contributed by atoms with E-state index >= 15 is 0 Å². The van der Waals surface area contributed by atoms with Crippen molar-refractivity contribution >= 4 is 23.3 Å². The quantitative estimate of drug-likeness (QED) is 0.676. The van der Waals surface area contributed by atoms with Gasteiger partial charge in [-0.05, 0) is 81.7 Å². The molecule has 0 spiro atoms. The van der Waals surface area contributed by atoms with Gasteiger partial charge in [0.05, 0.1) is 5.56 Å². The summed E-state index contributed by atoms with van der Waals surface area (Å²) in [4.78, 5) is 31.3. The van der Waals surface area contributed by atoms with Gasteiger partial charge in [0, 0.05) is 34.8 Å². The number of likely N-dealkylation sites (tertiary alicyclic amines) is 2. The van der Waals surface area contributed by atoms with Crippen LogP contribution >= 0.6 is 11.6 Å². The highest BCUT2D eigenvalue weighted by Gasteiger charge is 2.33. The van der Waals surface area contributed by atoms with E-state index in [4.69, 9.17) is 11.6 Å². The number of rotatable bonds is 3. The molecule has 6 heteroatoms. The fourth-order valence-electron chi connectivity index (χ4n) is 5.36. The Morgan fingerprint density at radius 1 is 1.03 bits per heavy atom. The minimum atomic E-state index is -0.153. The Kier molecular flexibility index (Phi) is 5.59. The summed E-state index contributed by atoms with van der Waals surface area (Å²) in [5.74, 6) is -0.269. The molecule has 2 aliphatic heterocycles. The van der Waals surface area contributed by atoms with Crippen LogP contribution in [0.3, 0.4) is 0 Å². The topological polar surface area (TPSA) is 52.6 Å². The van der Waals surface area contributed by atoms with E-state index < -0.39 is 0 Å². The molecule has 0 bridgehead atoms. The van der Waals surface area contributed by atoms with Gasteiger partial charge >= 0.3 is 0 Å². The highest BCUT2D eigenvalue weighted by atomic mass is 35.5. The Morgan fingerprint density at radius 2 is 1.84 bits per heavy atom. The zero-order valence-electron chi connectivity index (χ0n) is 17.9. The summed E-state index contributed by atoms with van der Waals surface area (Å²) in [7, 11) is 2.18. The molecular formula is C25H28ClN3O2. The van der Waals surface area contributed by atoms with E-state index in [1.54, 1.807) is 18.2 Å². The maximum absolute atomic E-state index is 13.2. The maximum atomic E-state index is 13.2. The molecule has 0 saturated carbocycles. The first-order valence-corrected chi connectivity index (χ1v) is 11.6. The van der Waals surface area contributed by atoms with Crippen LogP contribution in [-0.4, -0.2) is 66.8 Å². The monoisotopic (exact) mass is 437 g/mol. The van der Waals surface area contributed by atoms with E-state index in [1.165, 1.54) is 12.8 Å². The van der Waals surface area contributed by atoms with Crippen molar-refractivity contribution in [1.29, 1.82) is 0 Å². The van der Waals surface area contributed by atoms with Crippen molar-refractivity contribution in [2.45, 2.75) is 37.8 Å². The third kappa shape index (κ3) is 3.91. The lowest BCUT2D eigenvalue weighted by molar-refractivity contribution is 0.0764. The highest BCUT2D eigenvalue weighted by Crippen LogP contribution is 2.39. The number of fused-ring (bicyclic) bond motifs is 3. The molecular weight excluding hydrogens is 410 g/mol. The van der Waals surface area contributed by atoms with Crippen LogP contribution in [0.2, 0.25) is 5.02 Å². The van der Waals surface area contributed by atoms with Crippen LogP contribution in [0, 0.1) is 0 Å². The van der Waals surface area contributed by atoms with Crippen LogP contribution in [0.5, 0.6) is 0 Å². The molecule has 2 aromatic carbocycles. The van der Waals surface area contributed by atoms with Crippen molar-refractivity contribution in [2.75, 3.05) is 33.2 Å². The number of piperidine rings is 2. The minimum Gasteiger partial charge on any atom is -0.348 e. The summed E-state index contributed by atoms with van der Waals surface area (Å²) >= 11 is 6.11. The van der Waals surface area contributed by atoms with Gasteiger partial charge in [-0.1, -0.05) is 29.8 Å². The third-order valence-electron chi connectivity index (χ3n) is 7.05. The van der Waals surface area contributed by atoms with Crippen molar-refractivity contribution in [3.63, 3.8) is 0 Å².